The first-order valence-electron chi connectivity index (χ1n) is 9.11. The van der Waals surface area contributed by atoms with E-state index in [4.69, 9.17) is 4.74 Å². The molecule has 30 heavy (non-hydrogen) atoms. The van der Waals surface area contributed by atoms with Crippen molar-refractivity contribution >= 4 is 23.4 Å². The number of rotatable bonds is 9. The van der Waals surface area contributed by atoms with E-state index in [0.29, 0.717) is 23.2 Å². The van der Waals surface area contributed by atoms with Gasteiger partial charge in [0.05, 0.1) is 5.75 Å². The summed E-state index contributed by atoms with van der Waals surface area (Å²) in [5.41, 5.74) is 0.708. The van der Waals surface area contributed by atoms with Crippen LogP contribution in [0.2, 0.25) is 0 Å². The predicted octanol–water partition coefficient (Wildman–Crippen LogP) is 4.61. The second-order valence-corrected chi connectivity index (χ2v) is 7.22. The Morgan fingerprint density at radius 3 is 2.73 bits per heavy atom. The van der Waals surface area contributed by atoms with Crippen molar-refractivity contribution in [3.05, 3.63) is 78.6 Å². The number of anilines is 1. The maximum Gasteiger partial charge on any atom is 0.234 e. The van der Waals surface area contributed by atoms with Crippen LogP contribution in [0, 0.1) is 11.6 Å². The van der Waals surface area contributed by atoms with Gasteiger partial charge in [-0.2, -0.15) is 0 Å². The number of amides is 1. The molecule has 0 fully saturated rings. The molecule has 1 amide bonds. The summed E-state index contributed by atoms with van der Waals surface area (Å²) in [5, 5.41) is 11.6. The highest BCUT2D eigenvalue weighted by Gasteiger charge is 2.21. The molecule has 3 aromatic rings. The van der Waals surface area contributed by atoms with Crippen molar-refractivity contribution in [2.45, 2.75) is 24.7 Å². The Morgan fingerprint density at radius 1 is 1.27 bits per heavy atom. The van der Waals surface area contributed by atoms with Gasteiger partial charge in [0.2, 0.25) is 5.91 Å². The SMILES string of the molecule is C=CCn1c(SCC(=O)Nc2ccccc2)nnc1C(C)Oc1ccc(F)cc1F. The van der Waals surface area contributed by atoms with Crippen LogP contribution in [0.1, 0.15) is 18.9 Å². The van der Waals surface area contributed by atoms with Gasteiger partial charge in [0.15, 0.2) is 28.7 Å². The zero-order valence-electron chi connectivity index (χ0n) is 16.2. The van der Waals surface area contributed by atoms with Crippen LogP contribution in [0.3, 0.4) is 0 Å². The molecule has 2 aromatic carbocycles. The van der Waals surface area contributed by atoms with E-state index in [1.54, 1.807) is 29.7 Å². The number of nitrogens with zero attached hydrogens (tertiary/aromatic N) is 3. The van der Waals surface area contributed by atoms with Crippen LogP contribution in [-0.2, 0) is 11.3 Å². The van der Waals surface area contributed by atoms with Crippen LogP contribution in [0.25, 0.3) is 0 Å². The highest BCUT2D eigenvalue weighted by Crippen LogP contribution is 2.27. The van der Waals surface area contributed by atoms with E-state index < -0.39 is 17.7 Å². The lowest BCUT2D eigenvalue weighted by Crippen LogP contribution is -2.15. The van der Waals surface area contributed by atoms with Crippen molar-refractivity contribution in [3.8, 4) is 5.75 Å². The Kier molecular flexibility index (Phi) is 7.18. The quantitative estimate of drug-likeness (QED) is 0.397. The van der Waals surface area contributed by atoms with Gasteiger partial charge >= 0.3 is 0 Å². The molecule has 0 bridgehead atoms. The number of nitrogens with one attached hydrogen (secondary N) is 1. The Labute approximate surface area is 177 Å². The van der Waals surface area contributed by atoms with E-state index in [1.165, 1.54) is 17.8 Å². The maximum absolute atomic E-state index is 13.9. The first-order chi connectivity index (χ1) is 14.5. The summed E-state index contributed by atoms with van der Waals surface area (Å²) in [4.78, 5) is 12.2. The minimum atomic E-state index is -0.802. The average Bonchev–Trinajstić information content (AvgIpc) is 3.12. The zero-order valence-corrected chi connectivity index (χ0v) is 17.0. The van der Waals surface area contributed by atoms with Gasteiger partial charge in [-0.05, 0) is 31.2 Å². The zero-order chi connectivity index (χ0) is 21.5. The second kappa shape index (κ2) is 10.0. The van der Waals surface area contributed by atoms with Crippen molar-refractivity contribution in [1.82, 2.24) is 14.8 Å². The minimum Gasteiger partial charge on any atom is -0.480 e. The molecule has 6 nitrogen and oxygen atoms in total. The molecule has 0 spiro atoms. The number of thioether (sulfide) groups is 1. The molecule has 0 saturated carbocycles. The van der Waals surface area contributed by atoms with Gasteiger partial charge in [0.25, 0.3) is 0 Å². The third kappa shape index (κ3) is 5.44. The van der Waals surface area contributed by atoms with Gasteiger partial charge in [-0.3, -0.25) is 9.36 Å². The number of hydrogen-bond acceptors (Lipinski definition) is 5. The van der Waals surface area contributed by atoms with Crippen LogP contribution < -0.4 is 10.1 Å². The molecule has 1 atom stereocenters. The van der Waals surface area contributed by atoms with E-state index in [1.807, 2.05) is 18.2 Å². The highest BCUT2D eigenvalue weighted by atomic mass is 32.2. The molecule has 1 N–H and O–H groups in total. The van der Waals surface area contributed by atoms with Gasteiger partial charge in [-0.1, -0.05) is 36.0 Å². The van der Waals surface area contributed by atoms with Crippen LogP contribution in [0.4, 0.5) is 14.5 Å². The van der Waals surface area contributed by atoms with Crippen molar-refractivity contribution in [2.75, 3.05) is 11.1 Å². The lowest BCUT2D eigenvalue weighted by atomic mass is 10.3. The topological polar surface area (TPSA) is 69.0 Å². The molecule has 1 heterocycles. The number of halogens is 2. The molecule has 0 saturated heterocycles. The van der Waals surface area contributed by atoms with E-state index in [-0.39, 0.29) is 17.4 Å². The second-order valence-electron chi connectivity index (χ2n) is 6.28. The van der Waals surface area contributed by atoms with E-state index in [9.17, 15) is 13.6 Å². The van der Waals surface area contributed by atoms with E-state index in [2.05, 4.69) is 22.1 Å². The first-order valence-corrected chi connectivity index (χ1v) is 10.1. The number of carbonyl (C=O) groups excluding carboxylic acids is 1. The van der Waals surface area contributed by atoms with Crippen molar-refractivity contribution in [3.63, 3.8) is 0 Å². The monoisotopic (exact) mass is 430 g/mol. The molecule has 3 rings (SSSR count). The maximum atomic E-state index is 13.9. The summed E-state index contributed by atoms with van der Waals surface area (Å²) in [6.45, 7) is 5.79. The fraction of sp³-hybridized carbons (Fsp3) is 0.190. The number of ether oxygens (including phenoxy) is 1. The number of hydrogen-bond donors (Lipinski definition) is 1. The highest BCUT2D eigenvalue weighted by molar-refractivity contribution is 7.99. The fourth-order valence-electron chi connectivity index (χ4n) is 2.67. The molecule has 0 radical (unpaired) electrons. The summed E-state index contributed by atoms with van der Waals surface area (Å²) in [5.74, 6) is -1.19. The number of para-hydroxylation sites is 1. The molecule has 0 aliphatic rings. The van der Waals surface area contributed by atoms with Gasteiger partial charge in [-0.25, -0.2) is 8.78 Å². The van der Waals surface area contributed by atoms with Gasteiger partial charge < -0.3 is 10.1 Å². The molecule has 156 valence electrons. The normalized spacial score (nSPS) is 11.7. The summed E-state index contributed by atoms with van der Waals surface area (Å²) < 4.78 is 34.3. The van der Waals surface area contributed by atoms with Gasteiger partial charge in [-0.15, -0.1) is 16.8 Å². The fourth-order valence-corrected chi connectivity index (χ4v) is 3.43. The summed E-state index contributed by atoms with van der Waals surface area (Å²) >= 11 is 1.21. The molecule has 9 heteroatoms. The molecular formula is C21H20F2N4O2S. The Hall–Kier alpha value is -3.20. The number of benzene rings is 2. The van der Waals surface area contributed by atoms with Crippen molar-refractivity contribution in [1.29, 1.82) is 0 Å². The van der Waals surface area contributed by atoms with Gasteiger partial charge in [0.1, 0.15) is 5.82 Å². The lowest BCUT2D eigenvalue weighted by Gasteiger charge is -2.16. The third-order valence-corrected chi connectivity index (χ3v) is 4.98. The largest absolute Gasteiger partial charge is 0.480 e. The predicted molar refractivity (Wildman–Crippen MR) is 111 cm³/mol. The smallest absolute Gasteiger partial charge is 0.234 e. The first kappa shape index (κ1) is 21.5. The average molecular weight is 430 g/mol. The Morgan fingerprint density at radius 2 is 2.03 bits per heavy atom. The summed E-state index contributed by atoms with van der Waals surface area (Å²) in [7, 11) is 0. The lowest BCUT2D eigenvalue weighted by molar-refractivity contribution is -0.113. The number of allylic oxidation sites excluding steroid dienone is 1. The summed E-state index contributed by atoms with van der Waals surface area (Å²) in [6, 6.07) is 12.2. The molecule has 0 aliphatic carbocycles. The molecule has 1 unspecified atom stereocenters. The standard InChI is InChI=1S/C21H20F2N4O2S/c1-3-11-27-20(14(2)29-18-10-9-15(22)12-17(18)23)25-26-21(27)30-13-19(28)24-16-7-5-4-6-8-16/h3-10,12,14H,1,11,13H2,2H3,(H,24,28). The number of aromatic nitrogens is 3. The van der Waals surface area contributed by atoms with Crippen LogP contribution in [-0.4, -0.2) is 26.4 Å². The van der Waals surface area contributed by atoms with Gasteiger partial charge in [0, 0.05) is 18.3 Å². The van der Waals surface area contributed by atoms with Crippen molar-refractivity contribution in [2.24, 2.45) is 0 Å². The Balaban J connectivity index is 1.69. The molecule has 0 aliphatic heterocycles. The minimum absolute atomic E-state index is 0.0894. The van der Waals surface area contributed by atoms with Crippen molar-refractivity contribution < 1.29 is 18.3 Å². The number of carbonyl (C=O) groups is 1. The van der Waals surface area contributed by atoms with Crippen LogP contribution in [0.5, 0.6) is 5.75 Å². The molecular weight excluding hydrogens is 410 g/mol. The van der Waals surface area contributed by atoms with Crippen LogP contribution >= 0.6 is 11.8 Å². The van der Waals surface area contributed by atoms with E-state index >= 15 is 0 Å². The van der Waals surface area contributed by atoms with Crippen LogP contribution in [0.15, 0.2) is 66.3 Å². The Bertz CT molecular complexity index is 1030. The third-order valence-electron chi connectivity index (χ3n) is 4.01. The van der Waals surface area contributed by atoms with E-state index in [0.717, 1.165) is 12.1 Å². The molecule has 1 aromatic heterocycles. The summed E-state index contributed by atoms with van der Waals surface area (Å²) in [6.07, 6.45) is 0.997.